The summed E-state index contributed by atoms with van der Waals surface area (Å²) in [6, 6.07) is 0. The Morgan fingerprint density at radius 3 is 2.47 bits per heavy atom. The van der Waals surface area contributed by atoms with Gasteiger partial charge < -0.3 is 4.74 Å². The van der Waals surface area contributed by atoms with Gasteiger partial charge in [-0.2, -0.15) is 0 Å². The Morgan fingerprint density at radius 2 is 2.00 bits per heavy atom. The monoisotopic (exact) mass is 264 g/mol. The van der Waals surface area contributed by atoms with Gasteiger partial charge in [-0.05, 0) is 38.0 Å². The zero-order valence-corrected chi connectivity index (χ0v) is 11.9. The molecule has 3 fully saturated rings. The number of ketones is 2. The molecule has 6 atom stereocenters. The van der Waals surface area contributed by atoms with Crippen LogP contribution in [0.1, 0.15) is 33.6 Å². The van der Waals surface area contributed by atoms with Gasteiger partial charge in [0.2, 0.25) is 0 Å². The Bertz CT molecular complexity index is 496. The van der Waals surface area contributed by atoms with Crippen LogP contribution in [0.2, 0.25) is 0 Å². The summed E-state index contributed by atoms with van der Waals surface area (Å²) in [6.45, 7) is 5.37. The second-order valence-corrected chi connectivity index (χ2v) is 7.01. The highest BCUT2D eigenvalue weighted by Gasteiger charge is 2.81. The number of Topliss-reactive ketones (excluding diaryl/α,β-unsaturated/α-hetero) is 2. The van der Waals surface area contributed by atoms with Crippen LogP contribution < -0.4 is 0 Å². The lowest BCUT2D eigenvalue weighted by atomic mass is 9.72. The molecule has 0 N–H and O–H groups in total. The van der Waals surface area contributed by atoms with E-state index in [-0.39, 0.29) is 35.3 Å². The molecule has 104 valence electrons. The van der Waals surface area contributed by atoms with Crippen LogP contribution in [0.5, 0.6) is 0 Å². The summed E-state index contributed by atoms with van der Waals surface area (Å²) in [5, 5.41) is 0. The topological polar surface area (TPSA) is 60.4 Å². The molecule has 4 heteroatoms. The Labute approximate surface area is 112 Å². The molecule has 0 saturated heterocycles. The van der Waals surface area contributed by atoms with E-state index in [1.807, 2.05) is 13.8 Å². The molecule has 0 radical (unpaired) electrons. The van der Waals surface area contributed by atoms with Crippen LogP contribution in [0.15, 0.2) is 0 Å². The zero-order valence-electron chi connectivity index (χ0n) is 11.9. The number of fused-ring (bicyclic) bond motifs is 1. The van der Waals surface area contributed by atoms with Crippen molar-refractivity contribution in [2.45, 2.75) is 33.6 Å². The van der Waals surface area contributed by atoms with Crippen molar-refractivity contribution in [1.29, 1.82) is 0 Å². The lowest BCUT2D eigenvalue weighted by Gasteiger charge is -2.30. The van der Waals surface area contributed by atoms with Crippen LogP contribution in [0.25, 0.3) is 0 Å². The van der Waals surface area contributed by atoms with Crippen LogP contribution in [0.3, 0.4) is 0 Å². The molecule has 3 rings (SSSR count). The van der Waals surface area contributed by atoms with Crippen molar-refractivity contribution >= 4 is 17.5 Å². The molecular weight excluding hydrogens is 244 g/mol. The quantitative estimate of drug-likeness (QED) is 0.727. The minimum Gasteiger partial charge on any atom is -0.469 e. The molecule has 0 amide bonds. The number of methoxy groups -OCH3 is 1. The van der Waals surface area contributed by atoms with E-state index >= 15 is 0 Å². The van der Waals surface area contributed by atoms with Gasteiger partial charge >= 0.3 is 5.97 Å². The van der Waals surface area contributed by atoms with Crippen molar-refractivity contribution < 1.29 is 19.1 Å². The van der Waals surface area contributed by atoms with E-state index in [4.69, 9.17) is 4.74 Å². The highest BCUT2D eigenvalue weighted by molar-refractivity contribution is 5.99. The van der Waals surface area contributed by atoms with Crippen LogP contribution in [0.4, 0.5) is 0 Å². The highest BCUT2D eigenvalue weighted by atomic mass is 16.5. The van der Waals surface area contributed by atoms with Crippen molar-refractivity contribution in [3.05, 3.63) is 0 Å². The van der Waals surface area contributed by atoms with Crippen molar-refractivity contribution in [2.75, 3.05) is 7.11 Å². The van der Waals surface area contributed by atoms with E-state index in [9.17, 15) is 14.4 Å². The number of hydrogen-bond acceptors (Lipinski definition) is 4. The average molecular weight is 264 g/mol. The van der Waals surface area contributed by atoms with Gasteiger partial charge in [-0.3, -0.25) is 14.4 Å². The van der Waals surface area contributed by atoms with Gasteiger partial charge in [0, 0.05) is 17.8 Å². The molecule has 3 saturated carbocycles. The molecule has 0 aromatic rings. The average Bonchev–Trinajstić information content (AvgIpc) is 2.95. The maximum absolute atomic E-state index is 12.6. The molecule has 3 aliphatic rings. The fraction of sp³-hybridized carbons (Fsp3) is 0.800. The van der Waals surface area contributed by atoms with Gasteiger partial charge in [-0.25, -0.2) is 0 Å². The summed E-state index contributed by atoms with van der Waals surface area (Å²) < 4.78 is 4.93. The maximum Gasteiger partial charge on any atom is 0.311 e. The third kappa shape index (κ3) is 1.32. The first-order valence-corrected chi connectivity index (χ1v) is 6.89. The molecule has 3 aliphatic carbocycles. The van der Waals surface area contributed by atoms with Gasteiger partial charge in [0.25, 0.3) is 0 Å². The third-order valence-corrected chi connectivity index (χ3v) is 5.87. The first-order chi connectivity index (χ1) is 8.77. The fourth-order valence-corrected chi connectivity index (χ4v) is 5.12. The molecular formula is C15H20O4. The Hall–Kier alpha value is -1.19. The molecule has 0 spiro atoms. The SMILES string of the molecule is COC(=O)C1(C)CC2C3C(C(=O)C2(C)CC(C)=O)C31. The fourth-order valence-electron chi connectivity index (χ4n) is 5.12. The number of carbonyl (C=O) groups is 3. The molecule has 19 heavy (non-hydrogen) atoms. The van der Waals surface area contributed by atoms with E-state index in [2.05, 4.69) is 0 Å². The first kappa shape index (κ1) is 12.8. The normalized spacial score (nSPS) is 50.0. The van der Waals surface area contributed by atoms with Crippen LogP contribution in [-0.2, 0) is 19.1 Å². The van der Waals surface area contributed by atoms with E-state index in [1.165, 1.54) is 14.0 Å². The predicted molar refractivity (Wildman–Crippen MR) is 67.1 cm³/mol. The Morgan fingerprint density at radius 1 is 1.37 bits per heavy atom. The van der Waals surface area contributed by atoms with Gasteiger partial charge in [0.15, 0.2) is 0 Å². The molecule has 0 aliphatic heterocycles. The largest absolute Gasteiger partial charge is 0.469 e. The van der Waals surface area contributed by atoms with Gasteiger partial charge in [-0.1, -0.05) is 6.92 Å². The van der Waals surface area contributed by atoms with Crippen LogP contribution in [-0.4, -0.2) is 24.6 Å². The standard InChI is InChI=1S/C15H20O4/c1-7(16)5-14(2)8-6-15(3,13(18)19-4)11-9(8)10(11)12(14)17/h8-11H,5-6H2,1-4H3. The summed E-state index contributed by atoms with van der Waals surface area (Å²) in [4.78, 5) is 36.0. The summed E-state index contributed by atoms with van der Waals surface area (Å²) in [7, 11) is 1.40. The molecule has 6 unspecified atom stereocenters. The number of rotatable bonds is 3. The second kappa shape index (κ2) is 3.47. The van der Waals surface area contributed by atoms with Crippen molar-refractivity contribution in [2.24, 2.45) is 34.5 Å². The number of carbonyl (C=O) groups excluding carboxylic acids is 3. The highest BCUT2D eigenvalue weighted by Crippen LogP contribution is 2.78. The van der Waals surface area contributed by atoms with Gasteiger partial charge in [0.1, 0.15) is 11.6 Å². The number of esters is 1. The maximum atomic E-state index is 12.6. The number of hydrogen-bond donors (Lipinski definition) is 0. The third-order valence-electron chi connectivity index (χ3n) is 5.87. The Balaban J connectivity index is 1.94. The minimum atomic E-state index is -0.552. The summed E-state index contributed by atoms with van der Waals surface area (Å²) in [5.74, 6) is 0.678. The predicted octanol–water partition coefficient (Wildman–Crippen LogP) is 1.62. The molecule has 0 aromatic carbocycles. The Kier molecular flexibility index (Phi) is 2.34. The van der Waals surface area contributed by atoms with Crippen molar-refractivity contribution in [3.8, 4) is 0 Å². The molecule has 4 nitrogen and oxygen atoms in total. The summed E-state index contributed by atoms with van der Waals surface area (Å²) >= 11 is 0. The van der Waals surface area contributed by atoms with E-state index in [0.717, 1.165) is 0 Å². The van der Waals surface area contributed by atoms with E-state index < -0.39 is 10.8 Å². The molecule has 0 heterocycles. The molecule has 0 bridgehead atoms. The van der Waals surface area contributed by atoms with Crippen LogP contribution >= 0.6 is 0 Å². The van der Waals surface area contributed by atoms with Crippen molar-refractivity contribution in [3.63, 3.8) is 0 Å². The number of ether oxygens (including phenoxy) is 1. The summed E-state index contributed by atoms with van der Waals surface area (Å²) in [6.07, 6.45) is 0.995. The minimum absolute atomic E-state index is 0.00722. The summed E-state index contributed by atoms with van der Waals surface area (Å²) in [5.41, 5.74) is -1.08. The van der Waals surface area contributed by atoms with Crippen molar-refractivity contribution in [1.82, 2.24) is 0 Å². The zero-order chi connectivity index (χ0) is 14.2. The van der Waals surface area contributed by atoms with E-state index in [1.54, 1.807) is 0 Å². The molecule has 0 aromatic heterocycles. The lowest BCUT2D eigenvalue weighted by molar-refractivity contribution is -0.153. The van der Waals surface area contributed by atoms with Crippen LogP contribution in [0, 0.1) is 34.5 Å². The second-order valence-electron chi connectivity index (χ2n) is 7.01. The lowest BCUT2D eigenvalue weighted by Crippen LogP contribution is -2.33. The van der Waals surface area contributed by atoms with Gasteiger partial charge in [-0.15, -0.1) is 0 Å². The van der Waals surface area contributed by atoms with E-state index in [0.29, 0.717) is 18.8 Å². The first-order valence-electron chi connectivity index (χ1n) is 6.89. The van der Waals surface area contributed by atoms with Gasteiger partial charge in [0.05, 0.1) is 12.5 Å². The smallest absolute Gasteiger partial charge is 0.311 e.